The summed E-state index contributed by atoms with van der Waals surface area (Å²) < 4.78 is 5.25. The Hall–Kier alpha value is -2.40. The number of aryl methyl sites for hydroxylation is 1. The molecule has 2 aromatic rings. The van der Waals surface area contributed by atoms with Crippen LogP contribution in [0.25, 0.3) is 0 Å². The highest BCUT2D eigenvalue weighted by atomic mass is 16.5. The molecule has 5 heteroatoms. The van der Waals surface area contributed by atoms with E-state index >= 15 is 0 Å². The number of amides is 1. The van der Waals surface area contributed by atoms with E-state index < -0.39 is 0 Å². The van der Waals surface area contributed by atoms with Gasteiger partial charge in [-0.2, -0.15) is 0 Å². The average molecular weight is 286 g/mol. The Morgan fingerprint density at radius 1 is 1.14 bits per heavy atom. The lowest BCUT2D eigenvalue weighted by Crippen LogP contribution is -2.12. The zero-order valence-corrected chi connectivity index (χ0v) is 11.7. The van der Waals surface area contributed by atoms with Crippen LogP contribution in [-0.2, 0) is 11.2 Å². The minimum absolute atomic E-state index is 0.0203. The third-order valence-electron chi connectivity index (χ3n) is 2.89. The summed E-state index contributed by atoms with van der Waals surface area (Å²) in [4.78, 5) is 15.8. The maximum Gasteiger partial charge on any atom is 0.224 e. The molecule has 1 heterocycles. The van der Waals surface area contributed by atoms with Gasteiger partial charge in [-0.05, 0) is 48.4 Å². The Morgan fingerprint density at radius 3 is 2.52 bits per heavy atom. The van der Waals surface area contributed by atoms with Crippen LogP contribution in [0.15, 0.2) is 48.8 Å². The average Bonchev–Trinajstić information content (AvgIpc) is 2.53. The minimum atomic E-state index is -0.0316. The maximum absolute atomic E-state index is 11.9. The number of carbonyl (C=O) groups is 1. The molecule has 2 N–H and O–H groups in total. The zero-order chi connectivity index (χ0) is 14.9. The smallest absolute Gasteiger partial charge is 0.224 e. The predicted octanol–water partition coefficient (Wildman–Crippen LogP) is 2.02. The highest BCUT2D eigenvalue weighted by Gasteiger charge is 2.03. The highest BCUT2D eigenvalue weighted by Crippen LogP contribution is 2.16. The van der Waals surface area contributed by atoms with Crippen LogP contribution in [0, 0.1) is 0 Å². The lowest BCUT2D eigenvalue weighted by Gasteiger charge is -2.07. The number of nitrogens with one attached hydrogen (secondary N) is 1. The van der Waals surface area contributed by atoms with E-state index in [1.54, 1.807) is 36.7 Å². The van der Waals surface area contributed by atoms with Gasteiger partial charge in [0.1, 0.15) is 12.4 Å². The fourth-order valence-corrected chi connectivity index (χ4v) is 1.83. The Kier molecular flexibility index (Phi) is 5.72. The van der Waals surface area contributed by atoms with Crippen molar-refractivity contribution in [2.24, 2.45) is 0 Å². The molecule has 0 fully saturated rings. The van der Waals surface area contributed by atoms with Crippen molar-refractivity contribution in [3.8, 4) is 5.75 Å². The third kappa shape index (κ3) is 5.24. The summed E-state index contributed by atoms with van der Waals surface area (Å²) in [6.07, 6.45) is 4.55. The van der Waals surface area contributed by atoms with E-state index in [1.165, 1.54) is 0 Å². The number of aromatic nitrogens is 1. The van der Waals surface area contributed by atoms with Crippen LogP contribution in [0.5, 0.6) is 5.75 Å². The van der Waals surface area contributed by atoms with Crippen LogP contribution in [0.4, 0.5) is 5.69 Å². The van der Waals surface area contributed by atoms with Gasteiger partial charge >= 0.3 is 0 Å². The summed E-state index contributed by atoms with van der Waals surface area (Å²) in [6.45, 7) is 0.241. The first-order valence-electron chi connectivity index (χ1n) is 6.80. The quantitative estimate of drug-likeness (QED) is 0.817. The van der Waals surface area contributed by atoms with Crippen LogP contribution in [0.2, 0.25) is 0 Å². The van der Waals surface area contributed by atoms with Gasteiger partial charge in [-0.1, -0.05) is 0 Å². The standard InChI is InChI=1S/C16H18N2O3/c19-11-12-21-15-4-2-14(3-5-15)18-16(20)6-1-13-7-9-17-10-8-13/h2-5,7-10,19H,1,6,11-12H2,(H,18,20). The van der Waals surface area contributed by atoms with Crippen LogP contribution >= 0.6 is 0 Å². The highest BCUT2D eigenvalue weighted by molar-refractivity contribution is 5.90. The van der Waals surface area contributed by atoms with E-state index in [0.717, 1.165) is 11.3 Å². The van der Waals surface area contributed by atoms with Gasteiger partial charge in [0, 0.05) is 24.5 Å². The molecular weight excluding hydrogens is 268 g/mol. The van der Waals surface area contributed by atoms with E-state index in [2.05, 4.69) is 10.3 Å². The van der Waals surface area contributed by atoms with Gasteiger partial charge in [-0.15, -0.1) is 0 Å². The summed E-state index contributed by atoms with van der Waals surface area (Å²) >= 11 is 0. The van der Waals surface area contributed by atoms with Gasteiger partial charge in [0.2, 0.25) is 5.91 Å². The van der Waals surface area contributed by atoms with Gasteiger partial charge < -0.3 is 15.2 Å². The largest absolute Gasteiger partial charge is 0.491 e. The van der Waals surface area contributed by atoms with Crippen molar-refractivity contribution >= 4 is 11.6 Å². The first-order valence-corrected chi connectivity index (χ1v) is 6.80. The lowest BCUT2D eigenvalue weighted by atomic mass is 10.1. The fraction of sp³-hybridized carbons (Fsp3) is 0.250. The molecule has 0 atom stereocenters. The molecule has 1 amide bonds. The molecule has 0 aliphatic rings. The van der Waals surface area contributed by atoms with E-state index in [4.69, 9.17) is 9.84 Å². The maximum atomic E-state index is 11.9. The topological polar surface area (TPSA) is 71.5 Å². The third-order valence-corrected chi connectivity index (χ3v) is 2.89. The summed E-state index contributed by atoms with van der Waals surface area (Å²) in [6, 6.07) is 10.9. The van der Waals surface area contributed by atoms with Crippen molar-refractivity contribution in [3.05, 3.63) is 54.4 Å². The fourth-order valence-electron chi connectivity index (χ4n) is 1.83. The van der Waals surface area contributed by atoms with E-state index in [-0.39, 0.29) is 19.1 Å². The molecule has 0 radical (unpaired) electrons. The van der Waals surface area contributed by atoms with Gasteiger partial charge in [0.05, 0.1) is 6.61 Å². The number of ether oxygens (including phenoxy) is 1. The number of carbonyl (C=O) groups excluding carboxylic acids is 1. The summed E-state index contributed by atoms with van der Waals surface area (Å²) in [7, 11) is 0. The molecule has 1 aromatic carbocycles. The number of anilines is 1. The number of nitrogens with zero attached hydrogens (tertiary/aromatic N) is 1. The minimum Gasteiger partial charge on any atom is -0.491 e. The molecule has 0 bridgehead atoms. The first kappa shape index (κ1) is 15.0. The molecule has 0 aliphatic heterocycles. The number of aliphatic hydroxyl groups excluding tert-OH is 1. The Labute approximate surface area is 123 Å². The van der Waals surface area contributed by atoms with Crippen molar-refractivity contribution in [2.75, 3.05) is 18.5 Å². The Balaban J connectivity index is 1.79. The first-order chi connectivity index (χ1) is 10.3. The second kappa shape index (κ2) is 8.01. The summed E-state index contributed by atoms with van der Waals surface area (Å²) in [5, 5.41) is 11.5. The second-order valence-corrected chi connectivity index (χ2v) is 4.50. The molecule has 2 rings (SSSR count). The molecule has 1 aromatic heterocycles. The van der Waals surface area contributed by atoms with Crippen LogP contribution < -0.4 is 10.1 Å². The van der Waals surface area contributed by atoms with Crippen LogP contribution in [0.3, 0.4) is 0 Å². The van der Waals surface area contributed by atoms with E-state index in [0.29, 0.717) is 18.6 Å². The number of hydrogen-bond acceptors (Lipinski definition) is 4. The van der Waals surface area contributed by atoms with Gasteiger partial charge in [-0.3, -0.25) is 9.78 Å². The SMILES string of the molecule is O=C(CCc1ccncc1)Nc1ccc(OCCO)cc1. The van der Waals surface area contributed by atoms with Gasteiger partial charge in [0.15, 0.2) is 0 Å². The molecule has 0 saturated heterocycles. The molecule has 0 unspecified atom stereocenters. The van der Waals surface area contributed by atoms with Gasteiger partial charge in [-0.25, -0.2) is 0 Å². The Bertz CT molecular complexity index is 555. The number of rotatable bonds is 7. The summed E-state index contributed by atoms with van der Waals surface area (Å²) in [5.41, 5.74) is 1.82. The molecule has 0 saturated carbocycles. The van der Waals surface area contributed by atoms with Crippen LogP contribution in [-0.4, -0.2) is 29.2 Å². The van der Waals surface area contributed by atoms with Gasteiger partial charge in [0.25, 0.3) is 0 Å². The predicted molar refractivity (Wildman–Crippen MR) is 80.2 cm³/mol. The molecular formula is C16H18N2O3. The van der Waals surface area contributed by atoms with Crippen molar-refractivity contribution in [1.29, 1.82) is 0 Å². The zero-order valence-electron chi connectivity index (χ0n) is 11.7. The van der Waals surface area contributed by atoms with Crippen molar-refractivity contribution in [3.63, 3.8) is 0 Å². The van der Waals surface area contributed by atoms with Crippen molar-refractivity contribution < 1.29 is 14.6 Å². The lowest BCUT2D eigenvalue weighted by molar-refractivity contribution is -0.116. The summed E-state index contributed by atoms with van der Waals surface area (Å²) in [5.74, 6) is 0.634. The van der Waals surface area contributed by atoms with Crippen LogP contribution in [0.1, 0.15) is 12.0 Å². The molecule has 0 spiro atoms. The number of benzene rings is 1. The monoisotopic (exact) mass is 286 g/mol. The van der Waals surface area contributed by atoms with Crippen molar-refractivity contribution in [2.45, 2.75) is 12.8 Å². The normalized spacial score (nSPS) is 10.1. The molecule has 21 heavy (non-hydrogen) atoms. The molecule has 0 aliphatic carbocycles. The molecule has 5 nitrogen and oxygen atoms in total. The second-order valence-electron chi connectivity index (χ2n) is 4.50. The van der Waals surface area contributed by atoms with E-state index in [9.17, 15) is 4.79 Å². The number of pyridine rings is 1. The Morgan fingerprint density at radius 2 is 1.86 bits per heavy atom. The number of aliphatic hydroxyl groups is 1. The van der Waals surface area contributed by atoms with E-state index in [1.807, 2.05) is 12.1 Å². The van der Waals surface area contributed by atoms with Crippen molar-refractivity contribution in [1.82, 2.24) is 4.98 Å². The molecule has 110 valence electrons. The number of hydrogen-bond donors (Lipinski definition) is 2.